The minimum absolute atomic E-state index is 0.103. The molecule has 1 aliphatic rings. The summed E-state index contributed by atoms with van der Waals surface area (Å²) in [5.41, 5.74) is 5.60. The lowest BCUT2D eigenvalue weighted by molar-refractivity contribution is 0.0159. The molecule has 2 rings (SSSR count). The van der Waals surface area contributed by atoms with Crippen LogP contribution in [0.3, 0.4) is 0 Å². The van der Waals surface area contributed by atoms with Gasteiger partial charge in [0, 0.05) is 19.2 Å². The second kappa shape index (κ2) is 5.47. The lowest BCUT2D eigenvalue weighted by Crippen LogP contribution is -2.36. The fraction of sp³-hybridized carbons (Fsp3) is 0.700. The van der Waals surface area contributed by atoms with Crippen molar-refractivity contribution in [1.29, 1.82) is 0 Å². The van der Waals surface area contributed by atoms with Crippen LogP contribution in [0.5, 0.6) is 0 Å². The van der Waals surface area contributed by atoms with Gasteiger partial charge in [0.25, 0.3) is 0 Å². The van der Waals surface area contributed by atoms with Gasteiger partial charge in [0.2, 0.25) is 0 Å². The van der Waals surface area contributed by atoms with Crippen molar-refractivity contribution in [3.05, 3.63) is 6.07 Å². The summed E-state index contributed by atoms with van der Waals surface area (Å²) < 4.78 is 9.58. The second-order valence-electron chi connectivity index (χ2n) is 3.87. The van der Waals surface area contributed by atoms with Crippen molar-refractivity contribution in [1.82, 2.24) is 4.37 Å². The molecule has 2 heterocycles. The summed E-state index contributed by atoms with van der Waals surface area (Å²) in [4.78, 5) is 2.28. The molecule has 1 aromatic heterocycles. The van der Waals surface area contributed by atoms with E-state index in [0.29, 0.717) is 12.4 Å². The summed E-state index contributed by atoms with van der Waals surface area (Å²) in [5, 5.41) is 9.81. The number of rotatable bonds is 4. The van der Waals surface area contributed by atoms with Gasteiger partial charge < -0.3 is 20.5 Å². The Morgan fingerprint density at radius 3 is 2.88 bits per heavy atom. The van der Waals surface area contributed by atoms with Crippen LogP contribution >= 0.6 is 11.5 Å². The van der Waals surface area contributed by atoms with Gasteiger partial charge in [0.15, 0.2) is 0 Å². The summed E-state index contributed by atoms with van der Waals surface area (Å²) in [7, 11) is 0. The standard InChI is InChI=1S/C10H17N3O2S/c11-9-7-10(16-12-9)13-3-1-8(2-4-13)15-6-5-14/h7-8,14H,1-6H2,(H2,11,12). The fourth-order valence-electron chi connectivity index (χ4n) is 1.89. The Hall–Kier alpha value is -0.850. The summed E-state index contributed by atoms with van der Waals surface area (Å²) in [5.74, 6) is 0.596. The van der Waals surface area contributed by atoms with Gasteiger partial charge in [-0.15, -0.1) is 0 Å². The highest BCUT2D eigenvalue weighted by atomic mass is 32.1. The number of aromatic nitrogens is 1. The van der Waals surface area contributed by atoms with E-state index >= 15 is 0 Å². The van der Waals surface area contributed by atoms with Crippen LogP contribution in [0.2, 0.25) is 0 Å². The minimum Gasteiger partial charge on any atom is -0.394 e. The molecule has 0 bridgehead atoms. The number of hydrogen-bond acceptors (Lipinski definition) is 6. The number of ether oxygens (including phenoxy) is 1. The number of nitrogen functional groups attached to an aromatic ring is 1. The van der Waals surface area contributed by atoms with Crippen LogP contribution in [0.1, 0.15) is 12.8 Å². The van der Waals surface area contributed by atoms with Gasteiger partial charge in [0.05, 0.1) is 19.3 Å². The van der Waals surface area contributed by atoms with Crippen molar-refractivity contribution < 1.29 is 9.84 Å². The van der Waals surface area contributed by atoms with E-state index in [4.69, 9.17) is 15.6 Å². The van der Waals surface area contributed by atoms with Gasteiger partial charge in [-0.1, -0.05) is 0 Å². The predicted molar refractivity (Wildman–Crippen MR) is 64.8 cm³/mol. The largest absolute Gasteiger partial charge is 0.394 e. The van der Waals surface area contributed by atoms with Crippen molar-refractivity contribution in [2.75, 3.05) is 36.9 Å². The molecule has 5 nitrogen and oxygen atoms in total. The number of piperidine rings is 1. The highest BCUT2D eigenvalue weighted by Gasteiger charge is 2.20. The van der Waals surface area contributed by atoms with Gasteiger partial charge in [-0.2, -0.15) is 4.37 Å². The molecule has 1 aromatic rings. The first kappa shape index (κ1) is 11.6. The highest BCUT2D eigenvalue weighted by molar-refractivity contribution is 7.10. The van der Waals surface area contributed by atoms with Gasteiger partial charge in [0.1, 0.15) is 10.8 Å². The van der Waals surface area contributed by atoms with E-state index < -0.39 is 0 Å². The number of aliphatic hydroxyl groups is 1. The fourth-order valence-corrected chi connectivity index (χ4v) is 2.61. The Balaban J connectivity index is 1.81. The van der Waals surface area contributed by atoms with E-state index in [1.54, 1.807) is 0 Å². The van der Waals surface area contributed by atoms with E-state index in [1.807, 2.05) is 6.07 Å². The Bertz CT molecular complexity index is 324. The Morgan fingerprint density at radius 1 is 1.56 bits per heavy atom. The van der Waals surface area contributed by atoms with Crippen molar-refractivity contribution in [3.63, 3.8) is 0 Å². The van der Waals surface area contributed by atoms with E-state index in [0.717, 1.165) is 30.9 Å². The van der Waals surface area contributed by atoms with Crippen LogP contribution in [0, 0.1) is 0 Å². The number of hydrogen-bond donors (Lipinski definition) is 2. The molecule has 0 atom stereocenters. The van der Waals surface area contributed by atoms with Crippen LogP contribution in [0.15, 0.2) is 6.07 Å². The molecule has 0 unspecified atom stereocenters. The molecular weight excluding hydrogens is 226 g/mol. The van der Waals surface area contributed by atoms with E-state index in [2.05, 4.69) is 9.27 Å². The minimum atomic E-state index is 0.103. The zero-order chi connectivity index (χ0) is 11.4. The second-order valence-corrected chi connectivity index (χ2v) is 4.65. The quantitative estimate of drug-likeness (QED) is 0.814. The van der Waals surface area contributed by atoms with Gasteiger partial charge in [-0.3, -0.25) is 0 Å². The SMILES string of the molecule is Nc1cc(N2CCC(OCCO)CC2)sn1. The molecule has 1 aliphatic heterocycles. The number of nitrogens with two attached hydrogens (primary N) is 1. The number of anilines is 2. The van der Waals surface area contributed by atoms with Crippen LogP contribution < -0.4 is 10.6 Å². The average molecular weight is 243 g/mol. The van der Waals surface area contributed by atoms with Crippen LogP contribution in [-0.2, 0) is 4.74 Å². The Kier molecular flexibility index (Phi) is 3.98. The lowest BCUT2D eigenvalue weighted by Gasteiger charge is -2.32. The molecule has 90 valence electrons. The zero-order valence-electron chi connectivity index (χ0n) is 9.13. The van der Waals surface area contributed by atoms with Crippen LogP contribution in [-0.4, -0.2) is 41.9 Å². The van der Waals surface area contributed by atoms with Crippen molar-refractivity contribution >= 4 is 22.4 Å². The molecule has 1 fully saturated rings. The number of nitrogens with zero attached hydrogens (tertiary/aromatic N) is 2. The lowest BCUT2D eigenvalue weighted by atomic mass is 10.1. The smallest absolute Gasteiger partial charge is 0.139 e. The van der Waals surface area contributed by atoms with Crippen molar-refractivity contribution in [2.24, 2.45) is 0 Å². The molecule has 0 spiro atoms. The van der Waals surface area contributed by atoms with Crippen molar-refractivity contribution in [2.45, 2.75) is 18.9 Å². The first-order valence-corrected chi connectivity index (χ1v) is 6.26. The predicted octanol–water partition coefficient (Wildman–Crippen LogP) is 0.703. The first-order chi connectivity index (χ1) is 7.79. The maximum Gasteiger partial charge on any atom is 0.139 e. The molecule has 0 radical (unpaired) electrons. The van der Waals surface area contributed by atoms with Gasteiger partial charge in [-0.05, 0) is 24.4 Å². The zero-order valence-corrected chi connectivity index (χ0v) is 9.95. The Morgan fingerprint density at radius 2 is 2.31 bits per heavy atom. The van der Waals surface area contributed by atoms with Crippen LogP contribution in [0.25, 0.3) is 0 Å². The molecular formula is C10H17N3O2S. The maximum absolute atomic E-state index is 8.67. The summed E-state index contributed by atoms with van der Waals surface area (Å²) in [6, 6.07) is 1.92. The maximum atomic E-state index is 8.67. The van der Waals surface area contributed by atoms with Gasteiger partial charge in [-0.25, -0.2) is 0 Å². The third-order valence-corrected chi connectivity index (χ3v) is 3.58. The first-order valence-electron chi connectivity index (χ1n) is 5.49. The molecule has 1 saturated heterocycles. The van der Waals surface area contributed by atoms with Gasteiger partial charge >= 0.3 is 0 Å². The van der Waals surface area contributed by atoms with E-state index in [-0.39, 0.29) is 12.7 Å². The summed E-state index contributed by atoms with van der Waals surface area (Å²) in [6.07, 6.45) is 2.28. The summed E-state index contributed by atoms with van der Waals surface area (Å²) >= 11 is 1.45. The van der Waals surface area contributed by atoms with Crippen molar-refractivity contribution in [3.8, 4) is 0 Å². The summed E-state index contributed by atoms with van der Waals surface area (Å²) in [6.45, 7) is 2.49. The third kappa shape index (κ3) is 2.84. The topological polar surface area (TPSA) is 71.6 Å². The van der Waals surface area contributed by atoms with E-state index in [9.17, 15) is 0 Å². The molecule has 3 N–H and O–H groups in total. The molecule has 16 heavy (non-hydrogen) atoms. The molecule has 0 amide bonds. The third-order valence-electron chi connectivity index (χ3n) is 2.71. The normalized spacial score (nSPS) is 17.9. The molecule has 0 aromatic carbocycles. The number of aliphatic hydroxyl groups excluding tert-OH is 1. The monoisotopic (exact) mass is 243 g/mol. The molecule has 0 aliphatic carbocycles. The molecule has 6 heteroatoms. The Labute approximate surface area is 99.0 Å². The average Bonchev–Trinajstić information content (AvgIpc) is 2.74. The van der Waals surface area contributed by atoms with E-state index in [1.165, 1.54) is 11.5 Å². The van der Waals surface area contributed by atoms with Crippen LogP contribution in [0.4, 0.5) is 10.8 Å². The molecule has 0 saturated carbocycles. The highest BCUT2D eigenvalue weighted by Crippen LogP contribution is 2.26.